The minimum Gasteiger partial charge on any atom is -0.318 e. The second kappa shape index (κ2) is 6.03. The van der Waals surface area contributed by atoms with Crippen LogP contribution in [0.2, 0.25) is 0 Å². The number of hydrogen-bond acceptors (Lipinski definition) is 6. The first-order valence-corrected chi connectivity index (χ1v) is 9.92. The molecule has 0 aromatic carbocycles. The molecule has 1 aromatic rings. The third-order valence-corrected chi connectivity index (χ3v) is 7.18. The first-order chi connectivity index (χ1) is 9.76. The largest absolute Gasteiger partial charge is 0.318 e. The Morgan fingerprint density at radius 2 is 2.19 bits per heavy atom. The first kappa shape index (κ1) is 16.4. The number of rotatable bonds is 5. The molecule has 1 aromatic heterocycles. The summed E-state index contributed by atoms with van der Waals surface area (Å²) in [5.41, 5.74) is 0. The molecule has 1 fully saturated rings. The molecule has 1 saturated heterocycles. The highest BCUT2D eigenvalue weighted by Crippen LogP contribution is 2.21. The fourth-order valence-electron chi connectivity index (χ4n) is 2.30. The molecule has 0 aliphatic carbocycles. The van der Waals surface area contributed by atoms with E-state index in [2.05, 4.69) is 10.4 Å². The minimum absolute atomic E-state index is 0.00642. The van der Waals surface area contributed by atoms with Crippen molar-refractivity contribution >= 4 is 19.9 Å². The van der Waals surface area contributed by atoms with Crippen molar-refractivity contribution in [2.75, 3.05) is 31.6 Å². The number of sulfone groups is 1. The van der Waals surface area contributed by atoms with Gasteiger partial charge in [0.05, 0.1) is 24.2 Å². The maximum absolute atomic E-state index is 12.6. The van der Waals surface area contributed by atoms with Gasteiger partial charge in [-0.15, -0.1) is 0 Å². The Bertz CT molecular complexity index is 696. The van der Waals surface area contributed by atoms with Crippen LogP contribution in [0.3, 0.4) is 0 Å². The minimum atomic E-state index is -3.70. The van der Waals surface area contributed by atoms with Crippen LogP contribution in [-0.2, 0) is 26.4 Å². The highest BCUT2D eigenvalue weighted by Gasteiger charge is 2.37. The maximum Gasteiger partial charge on any atom is 0.246 e. The van der Waals surface area contributed by atoms with Gasteiger partial charge < -0.3 is 5.32 Å². The first-order valence-electron chi connectivity index (χ1n) is 6.65. The van der Waals surface area contributed by atoms with Crippen LogP contribution in [-0.4, -0.2) is 68.6 Å². The van der Waals surface area contributed by atoms with Crippen LogP contribution >= 0.6 is 0 Å². The lowest BCUT2D eigenvalue weighted by Gasteiger charge is -2.31. The molecule has 0 radical (unpaired) electrons. The Hall–Kier alpha value is -0.970. The third-order valence-electron chi connectivity index (χ3n) is 3.42. The predicted molar refractivity (Wildman–Crippen MR) is 78.2 cm³/mol. The van der Waals surface area contributed by atoms with Crippen LogP contribution in [0.1, 0.15) is 6.92 Å². The molecule has 1 aliphatic heterocycles. The second-order valence-corrected chi connectivity index (χ2v) is 9.24. The van der Waals surface area contributed by atoms with Gasteiger partial charge in [-0.25, -0.2) is 16.8 Å². The molecule has 1 unspecified atom stereocenters. The molecule has 8 nitrogen and oxygen atoms in total. The molecule has 1 N–H and O–H groups in total. The molecule has 120 valence electrons. The molecule has 21 heavy (non-hydrogen) atoms. The Morgan fingerprint density at radius 3 is 2.81 bits per heavy atom. The lowest BCUT2D eigenvalue weighted by atomic mass is 10.4. The maximum atomic E-state index is 12.6. The lowest BCUT2D eigenvalue weighted by molar-refractivity contribution is 0.357. The lowest BCUT2D eigenvalue weighted by Crippen LogP contribution is -2.49. The van der Waals surface area contributed by atoms with Gasteiger partial charge in [0.15, 0.2) is 9.84 Å². The summed E-state index contributed by atoms with van der Waals surface area (Å²) in [6.07, 6.45) is 2.78. The van der Waals surface area contributed by atoms with Crippen molar-refractivity contribution in [1.29, 1.82) is 0 Å². The van der Waals surface area contributed by atoms with Gasteiger partial charge in [-0.05, 0) is 14.0 Å². The van der Waals surface area contributed by atoms with Gasteiger partial charge in [0.1, 0.15) is 4.90 Å². The fourth-order valence-corrected chi connectivity index (χ4v) is 5.65. The van der Waals surface area contributed by atoms with E-state index in [0.29, 0.717) is 13.1 Å². The monoisotopic (exact) mass is 336 g/mol. The Balaban J connectivity index is 2.20. The standard InChI is InChI=1S/C11H20N4O4S2/c1-10-9-20(16,17)6-5-15(10)21(18,19)11-7-13-14(8-11)4-3-12-2/h7-8,10,12H,3-6,9H2,1-2H3. The smallest absolute Gasteiger partial charge is 0.246 e. The van der Waals surface area contributed by atoms with Gasteiger partial charge in [0.2, 0.25) is 10.0 Å². The van der Waals surface area contributed by atoms with Crippen LogP contribution in [0, 0.1) is 0 Å². The van der Waals surface area contributed by atoms with Crippen molar-refractivity contribution < 1.29 is 16.8 Å². The van der Waals surface area contributed by atoms with E-state index >= 15 is 0 Å². The second-order valence-electron chi connectivity index (χ2n) is 5.12. The number of hydrogen-bond donors (Lipinski definition) is 1. The van der Waals surface area contributed by atoms with E-state index in [-0.39, 0.29) is 22.9 Å². The van der Waals surface area contributed by atoms with Gasteiger partial charge in [0, 0.05) is 25.3 Å². The molecule has 2 heterocycles. The Kier molecular flexibility index (Phi) is 4.71. The topological polar surface area (TPSA) is 101 Å². The number of nitrogens with zero attached hydrogens (tertiary/aromatic N) is 3. The summed E-state index contributed by atoms with van der Waals surface area (Å²) in [5.74, 6) is -0.273. The van der Waals surface area contributed by atoms with Crippen molar-refractivity contribution in [1.82, 2.24) is 19.4 Å². The van der Waals surface area contributed by atoms with Gasteiger partial charge in [-0.2, -0.15) is 9.40 Å². The molecule has 0 spiro atoms. The SMILES string of the molecule is CNCCn1cc(S(=O)(=O)N2CCS(=O)(=O)CC2C)cn1. The zero-order chi connectivity index (χ0) is 15.7. The van der Waals surface area contributed by atoms with Gasteiger partial charge >= 0.3 is 0 Å². The molecular weight excluding hydrogens is 316 g/mol. The van der Waals surface area contributed by atoms with Gasteiger partial charge in [0.25, 0.3) is 0 Å². The fraction of sp³-hybridized carbons (Fsp3) is 0.727. The van der Waals surface area contributed by atoms with Crippen molar-refractivity contribution in [3.8, 4) is 0 Å². The van der Waals surface area contributed by atoms with Crippen LogP contribution in [0.25, 0.3) is 0 Å². The van der Waals surface area contributed by atoms with E-state index in [1.807, 2.05) is 0 Å². The summed E-state index contributed by atoms with van der Waals surface area (Å²) in [5, 5.41) is 6.98. The molecule has 1 atom stereocenters. The summed E-state index contributed by atoms with van der Waals surface area (Å²) in [4.78, 5) is 0.102. The summed E-state index contributed by atoms with van der Waals surface area (Å²) in [7, 11) is -5.05. The highest BCUT2D eigenvalue weighted by molar-refractivity contribution is 7.92. The number of sulfonamides is 1. The summed E-state index contributed by atoms with van der Waals surface area (Å²) >= 11 is 0. The summed E-state index contributed by atoms with van der Waals surface area (Å²) in [6.45, 7) is 2.85. The van der Waals surface area contributed by atoms with E-state index < -0.39 is 25.9 Å². The Morgan fingerprint density at radius 1 is 1.48 bits per heavy atom. The number of likely N-dealkylation sites (N-methyl/N-ethyl adjacent to an activating group) is 1. The quantitative estimate of drug-likeness (QED) is 0.733. The predicted octanol–water partition coefficient (Wildman–Crippen LogP) is -1.09. The summed E-state index contributed by atoms with van der Waals surface area (Å²) in [6, 6.07) is -0.561. The number of aromatic nitrogens is 2. The van der Waals surface area contributed by atoms with E-state index in [0.717, 1.165) is 0 Å². The highest BCUT2D eigenvalue weighted by atomic mass is 32.2. The van der Waals surface area contributed by atoms with Crippen LogP contribution in [0.5, 0.6) is 0 Å². The molecule has 0 bridgehead atoms. The summed E-state index contributed by atoms with van der Waals surface area (Å²) < 4.78 is 51.0. The third kappa shape index (κ3) is 3.62. The van der Waals surface area contributed by atoms with Crippen molar-refractivity contribution in [2.24, 2.45) is 0 Å². The molecule has 1 aliphatic rings. The van der Waals surface area contributed by atoms with Crippen LogP contribution in [0.15, 0.2) is 17.3 Å². The molecule has 0 amide bonds. The zero-order valence-corrected chi connectivity index (χ0v) is 13.7. The van der Waals surface area contributed by atoms with E-state index in [1.165, 1.54) is 16.7 Å². The van der Waals surface area contributed by atoms with Crippen molar-refractivity contribution in [3.63, 3.8) is 0 Å². The molecule has 10 heteroatoms. The van der Waals surface area contributed by atoms with E-state index in [1.54, 1.807) is 18.7 Å². The molecule has 2 rings (SSSR count). The number of nitrogens with one attached hydrogen (secondary N) is 1. The Labute approximate surface area is 125 Å². The van der Waals surface area contributed by atoms with E-state index in [9.17, 15) is 16.8 Å². The van der Waals surface area contributed by atoms with E-state index in [4.69, 9.17) is 0 Å². The van der Waals surface area contributed by atoms with Gasteiger partial charge in [-0.3, -0.25) is 4.68 Å². The molecule has 0 saturated carbocycles. The average Bonchev–Trinajstić information content (AvgIpc) is 2.84. The van der Waals surface area contributed by atoms with Crippen molar-refractivity contribution in [2.45, 2.75) is 24.4 Å². The van der Waals surface area contributed by atoms with Crippen LogP contribution in [0.4, 0.5) is 0 Å². The van der Waals surface area contributed by atoms with Gasteiger partial charge in [-0.1, -0.05) is 0 Å². The van der Waals surface area contributed by atoms with Crippen molar-refractivity contribution in [3.05, 3.63) is 12.4 Å². The molecular formula is C11H20N4O4S2. The average molecular weight is 336 g/mol. The normalized spacial score (nSPS) is 23.2. The zero-order valence-electron chi connectivity index (χ0n) is 12.1. The van der Waals surface area contributed by atoms with Crippen LogP contribution < -0.4 is 5.32 Å².